The molecule has 1 aliphatic rings. The number of hydrogen-bond donors (Lipinski definition) is 7. The third-order valence-corrected chi connectivity index (χ3v) is 3.69. The minimum atomic E-state index is -1.63. The summed E-state index contributed by atoms with van der Waals surface area (Å²) in [6.45, 7) is -0.639. The van der Waals surface area contributed by atoms with E-state index in [4.69, 9.17) is 20.7 Å². The molecule has 0 aliphatic carbocycles. The van der Waals surface area contributed by atoms with Gasteiger partial charge in [-0.2, -0.15) is 0 Å². The Labute approximate surface area is 137 Å². The van der Waals surface area contributed by atoms with Crippen molar-refractivity contribution in [2.45, 2.75) is 55.8 Å². The average Bonchev–Trinajstić information content (AvgIpc) is 2.51. The SMILES string of the molecule is NC(=O)CC[C@H](NC(=O)C[C@@H]1O[C@H](CO)[C@@H](O)[C@H](O)[C@@H]1O)C(=O)O. The molecule has 11 heteroatoms. The lowest BCUT2D eigenvalue weighted by molar-refractivity contribution is -0.229. The number of amides is 2. The van der Waals surface area contributed by atoms with Gasteiger partial charge in [0.2, 0.25) is 11.8 Å². The summed E-state index contributed by atoms with van der Waals surface area (Å²) in [4.78, 5) is 33.7. The monoisotopic (exact) mass is 350 g/mol. The van der Waals surface area contributed by atoms with Crippen LogP contribution in [0.1, 0.15) is 19.3 Å². The van der Waals surface area contributed by atoms with Crippen molar-refractivity contribution in [2.24, 2.45) is 5.73 Å². The van der Waals surface area contributed by atoms with Gasteiger partial charge in [0, 0.05) is 6.42 Å². The van der Waals surface area contributed by atoms with Crippen molar-refractivity contribution in [1.29, 1.82) is 0 Å². The molecule has 1 heterocycles. The van der Waals surface area contributed by atoms with Gasteiger partial charge < -0.3 is 41.3 Å². The van der Waals surface area contributed by atoms with Crippen LogP contribution in [0.5, 0.6) is 0 Å². The standard InChI is InChI=1S/C13H22N2O9/c14-8(17)2-1-5(13(22)23)15-9(18)3-6-10(19)12(21)11(20)7(4-16)24-6/h5-7,10-12,16,19-21H,1-4H2,(H2,14,17)(H,15,18)(H,22,23)/t5-,6-,7+,10+,11+,12+/m0/s1. The van der Waals surface area contributed by atoms with Gasteiger partial charge in [-0.1, -0.05) is 0 Å². The van der Waals surface area contributed by atoms with Crippen LogP contribution in [-0.4, -0.2) is 86.5 Å². The number of carbonyl (C=O) groups is 3. The quantitative estimate of drug-likeness (QED) is 0.228. The highest BCUT2D eigenvalue weighted by Crippen LogP contribution is 2.23. The van der Waals surface area contributed by atoms with Crippen LogP contribution < -0.4 is 11.1 Å². The molecule has 1 saturated heterocycles. The Balaban J connectivity index is 2.64. The molecule has 1 aliphatic heterocycles. The summed E-state index contributed by atoms with van der Waals surface area (Å²) in [5.74, 6) is -2.89. The Morgan fingerprint density at radius 1 is 1.08 bits per heavy atom. The lowest BCUT2D eigenvalue weighted by Crippen LogP contribution is -2.59. The second-order valence-electron chi connectivity index (χ2n) is 5.53. The van der Waals surface area contributed by atoms with Crippen molar-refractivity contribution in [2.75, 3.05) is 6.61 Å². The zero-order chi connectivity index (χ0) is 18.4. The maximum absolute atomic E-state index is 11.9. The van der Waals surface area contributed by atoms with E-state index >= 15 is 0 Å². The summed E-state index contributed by atoms with van der Waals surface area (Å²) in [6, 6.07) is -1.35. The van der Waals surface area contributed by atoms with Gasteiger partial charge in [-0.05, 0) is 6.42 Å². The summed E-state index contributed by atoms with van der Waals surface area (Å²) in [5.41, 5.74) is 4.93. The molecule has 0 unspecified atom stereocenters. The molecule has 0 aromatic rings. The summed E-state index contributed by atoms with van der Waals surface area (Å²) in [7, 11) is 0. The van der Waals surface area contributed by atoms with Gasteiger partial charge in [-0.3, -0.25) is 9.59 Å². The second kappa shape index (κ2) is 8.89. The Kier molecular flexibility index (Phi) is 7.51. The molecule has 2 amide bonds. The fourth-order valence-electron chi connectivity index (χ4n) is 2.33. The number of rotatable bonds is 8. The molecule has 0 aromatic heterocycles. The number of primary amides is 1. The summed E-state index contributed by atoms with van der Waals surface area (Å²) in [5, 5.41) is 49.3. The van der Waals surface area contributed by atoms with E-state index in [-0.39, 0.29) is 12.8 Å². The van der Waals surface area contributed by atoms with Crippen LogP contribution in [0.4, 0.5) is 0 Å². The third-order valence-electron chi connectivity index (χ3n) is 3.69. The van der Waals surface area contributed by atoms with Crippen LogP contribution in [-0.2, 0) is 19.1 Å². The molecule has 8 N–H and O–H groups in total. The number of carbonyl (C=O) groups excluding carboxylic acids is 2. The van der Waals surface area contributed by atoms with Gasteiger partial charge in [0.05, 0.1) is 19.1 Å². The molecule has 24 heavy (non-hydrogen) atoms. The maximum atomic E-state index is 11.9. The van der Waals surface area contributed by atoms with Crippen molar-refractivity contribution in [3.05, 3.63) is 0 Å². The van der Waals surface area contributed by atoms with E-state index in [1.54, 1.807) is 0 Å². The van der Waals surface area contributed by atoms with Crippen molar-refractivity contribution in [3.63, 3.8) is 0 Å². The normalized spacial score (nSPS) is 31.2. The largest absolute Gasteiger partial charge is 0.480 e. The predicted octanol–water partition coefficient (Wildman–Crippen LogP) is -3.95. The predicted molar refractivity (Wildman–Crippen MR) is 76.4 cm³/mol. The van der Waals surface area contributed by atoms with Gasteiger partial charge in [0.15, 0.2) is 0 Å². The summed E-state index contributed by atoms with van der Waals surface area (Å²) < 4.78 is 5.15. The molecule has 0 spiro atoms. The first-order valence-corrected chi connectivity index (χ1v) is 7.28. The number of aliphatic hydroxyl groups excluding tert-OH is 4. The fraction of sp³-hybridized carbons (Fsp3) is 0.769. The highest BCUT2D eigenvalue weighted by atomic mass is 16.5. The van der Waals surface area contributed by atoms with Crippen molar-refractivity contribution >= 4 is 17.8 Å². The maximum Gasteiger partial charge on any atom is 0.326 e. The van der Waals surface area contributed by atoms with Crippen molar-refractivity contribution in [3.8, 4) is 0 Å². The molecule has 0 saturated carbocycles. The Hall–Kier alpha value is -1.79. The van der Waals surface area contributed by atoms with Crippen molar-refractivity contribution in [1.82, 2.24) is 5.32 Å². The molecule has 0 bridgehead atoms. The van der Waals surface area contributed by atoms with E-state index < -0.39 is 67.4 Å². The number of nitrogens with one attached hydrogen (secondary N) is 1. The van der Waals surface area contributed by atoms with E-state index in [9.17, 15) is 29.7 Å². The number of carboxylic acids is 1. The van der Waals surface area contributed by atoms with E-state index in [1.807, 2.05) is 0 Å². The van der Waals surface area contributed by atoms with Gasteiger partial charge >= 0.3 is 5.97 Å². The Morgan fingerprint density at radius 2 is 1.67 bits per heavy atom. The van der Waals surface area contributed by atoms with Crippen molar-refractivity contribution < 1.29 is 44.7 Å². The highest BCUT2D eigenvalue weighted by Gasteiger charge is 2.44. The number of aliphatic carboxylic acids is 1. The number of nitrogens with two attached hydrogens (primary N) is 1. The zero-order valence-electron chi connectivity index (χ0n) is 12.7. The molecule has 1 rings (SSSR count). The van der Waals surface area contributed by atoms with Crippen LogP contribution >= 0.6 is 0 Å². The Bertz CT molecular complexity index is 470. The zero-order valence-corrected chi connectivity index (χ0v) is 12.7. The van der Waals surface area contributed by atoms with E-state index in [0.29, 0.717) is 0 Å². The lowest BCUT2D eigenvalue weighted by atomic mass is 9.93. The smallest absolute Gasteiger partial charge is 0.326 e. The summed E-state index contributed by atoms with van der Waals surface area (Å²) in [6.07, 6.45) is -8.13. The molecule has 1 fully saturated rings. The Morgan fingerprint density at radius 3 is 2.17 bits per heavy atom. The van der Waals surface area contributed by atoms with E-state index in [0.717, 1.165) is 0 Å². The van der Waals surface area contributed by atoms with Gasteiger partial charge in [-0.15, -0.1) is 0 Å². The van der Waals surface area contributed by atoms with Crippen LogP contribution in [0, 0.1) is 0 Å². The van der Waals surface area contributed by atoms with Crippen LogP contribution in [0.15, 0.2) is 0 Å². The molecule has 138 valence electrons. The van der Waals surface area contributed by atoms with Gasteiger partial charge in [-0.25, -0.2) is 4.79 Å². The minimum absolute atomic E-state index is 0.203. The van der Waals surface area contributed by atoms with Gasteiger partial charge in [0.1, 0.15) is 30.5 Å². The first kappa shape index (κ1) is 20.3. The lowest BCUT2D eigenvalue weighted by Gasteiger charge is -2.39. The van der Waals surface area contributed by atoms with Gasteiger partial charge in [0.25, 0.3) is 0 Å². The first-order chi connectivity index (χ1) is 11.2. The molecule has 11 nitrogen and oxygen atoms in total. The van der Waals surface area contributed by atoms with Crippen LogP contribution in [0.2, 0.25) is 0 Å². The van der Waals surface area contributed by atoms with Crippen LogP contribution in [0.3, 0.4) is 0 Å². The highest BCUT2D eigenvalue weighted by molar-refractivity contribution is 5.84. The topological polar surface area (TPSA) is 200 Å². The molecule has 6 atom stereocenters. The minimum Gasteiger partial charge on any atom is -0.480 e. The third kappa shape index (κ3) is 5.39. The van der Waals surface area contributed by atoms with E-state index in [1.165, 1.54) is 0 Å². The van der Waals surface area contributed by atoms with E-state index in [2.05, 4.69) is 5.32 Å². The molecule has 0 aromatic carbocycles. The number of ether oxygens (including phenoxy) is 1. The number of hydrogen-bond acceptors (Lipinski definition) is 8. The number of aliphatic hydroxyl groups is 4. The average molecular weight is 350 g/mol. The molecular weight excluding hydrogens is 328 g/mol. The second-order valence-corrected chi connectivity index (χ2v) is 5.53. The molecular formula is C13H22N2O9. The molecule has 0 radical (unpaired) electrons. The number of carboxylic acid groups (broad SMARTS) is 1. The summed E-state index contributed by atoms with van der Waals surface area (Å²) >= 11 is 0. The fourth-order valence-corrected chi connectivity index (χ4v) is 2.33. The van der Waals surface area contributed by atoms with Crippen LogP contribution in [0.25, 0.3) is 0 Å². The first-order valence-electron chi connectivity index (χ1n) is 7.28.